The Bertz CT molecular complexity index is 867. The van der Waals surface area contributed by atoms with Crippen molar-refractivity contribution in [1.29, 1.82) is 0 Å². The van der Waals surface area contributed by atoms with Crippen molar-refractivity contribution in [2.24, 2.45) is 5.92 Å². The average Bonchev–Trinajstić information content (AvgIpc) is 2.78. The van der Waals surface area contributed by atoms with Gasteiger partial charge in [-0.25, -0.2) is 0 Å². The summed E-state index contributed by atoms with van der Waals surface area (Å²) in [5.74, 6) is 0.408. The molecule has 0 radical (unpaired) electrons. The molecule has 6 nitrogen and oxygen atoms in total. The van der Waals surface area contributed by atoms with E-state index in [9.17, 15) is 9.59 Å². The van der Waals surface area contributed by atoms with E-state index in [0.29, 0.717) is 18.7 Å². The number of amides is 2. The molecular weight excluding hydrogens is 390 g/mol. The highest BCUT2D eigenvalue weighted by atomic mass is 16.5. The van der Waals surface area contributed by atoms with Crippen LogP contribution in [-0.2, 0) is 4.79 Å². The van der Waals surface area contributed by atoms with Gasteiger partial charge in [0, 0.05) is 25.2 Å². The van der Waals surface area contributed by atoms with Gasteiger partial charge in [-0.05, 0) is 49.7 Å². The molecule has 0 unspecified atom stereocenters. The van der Waals surface area contributed by atoms with Gasteiger partial charge in [0.1, 0.15) is 11.8 Å². The predicted molar refractivity (Wildman–Crippen MR) is 122 cm³/mol. The van der Waals surface area contributed by atoms with Crippen molar-refractivity contribution in [2.75, 3.05) is 33.3 Å². The number of hydrogen-bond donors (Lipinski definition) is 1. The molecule has 2 atom stereocenters. The number of rotatable bonds is 7. The second kappa shape index (κ2) is 10.4. The number of likely N-dealkylation sites (N-methyl/N-ethyl adjacent to an activating group) is 1. The molecule has 1 saturated heterocycles. The molecule has 0 aromatic heterocycles. The van der Waals surface area contributed by atoms with E-state index in [-0.39, 0.29) is 23.8 Å². The second-order valence-corrected chi connectivity index (χ2v) is 8.37. The van der Waals surface area contributed by atoms with Gasteiger partial charge >= 0.3 is 0 Å². The van der Waals surface area contributed by atoms with Crippen LogP contribution in [0.15, 0.2) is 54.6 Å². The number of nitrogens with zero attached hydrogens (tertiary/aromatic N) is 2. The number of carbonyl (C=O) groups is 2. The molecule has 0 saturated carbocycles. The number of hydrogen-bond acceptors (Lipinski definition) is 4. The number of ether oxygens (including phenoxy) is 1. The first-order chi connectivity index (χ1) is 14.9. The highest BCUT2D eigenvalue weighted by Gasteiger charge is 2.36. The van der Waals surface area contributed by atoms with E-state index in [4.69, 9.17) is 4.74 Å². The van der Waals surface area contributed by atoms with Gasteiger partial charge in [-0.2, -0.15) is 0 Å². The molecule has 2 aromatic rings. The Morgan fingerprint density at radius 1 is 1.06 bits per heavy atom. The molecule has 0 aliphatic carbocycles. The lowest BCUT2D eigenvalue weighted by atomic mass is 9.97. The van der Waals surface area contributed by atoms with Crippen LogP contribution in [0.2, 0.25) is 0 Å². The third-order valence-corrected chi connectivity index (χ3v) is 5.70. The minimum Gasteiger partial charge on any atom is -0.494 e. The summed E-state index contributed by atoms with van der Waals surface area (Å²) in [5, 5.41) is 2.98. The summed E-state index contributed by atoms with van der Waals surface area (Å²) in [6.07, 6.45) is 0. The van der Waals surface area contributed by atoms with Crippen molar-refractivity contribution >= 4 is 11.8 Å². The van der Waals surface area contributed by atoms with Gasteiger partial charge in [0.25, 0.3) is 5.91 Å². The molecule has 1 N–H and O–H groups in total. The number of nitrogens with one attached hydrogen (secondary N) is 1. The third kappa shape index (κ3) is 5.64. The molecule has 2 amide bonds. The highest BCUT2D eigenvalue weighted by Crippen LogP contribution is 2.26. The minimum atomic E-state index is -0.589. The number of carbonyl (C=O) groups excluding carboxylic acids is 2. The molecule has 1 fully saturated rings. The maximum Gasteiger partial charge on any atom is 0.251 e. The fourth-order valence-corrected chi connectivity index (χ4v) is 3.93. The maximum absolute atomic E-state index is 13.6. The maximum atomic E-state index is 13.6. The van der Waals surface area contributed by atoms with Gasteiger partial charge < -0.3 is 19.9 Å². The highest BCUT2D eigenvalue weighted by molar-refractivity contribution is 5.97. The average molecular weight is 424 g/mol. The first kappa shape index (κ1) is 22.8. The number of benzene rings is 2. The molecule has 1 aliphatic rings. The van der Waals surface area contributed by atoms with Crippen LogP contribution in [0.5, 0.6) is 5.75 Å². The van der Waals surface area contributed by atoms with Crippen LogP contribution in [-0.4, -0.2) is 60.9 Å². The molecule has 0 bridgehead atoms. The van der Waals surface area contributed by atoms with Crippen LogP contribution in [0.3, 0.4) is 0 Å². The number of piperazine rings is 1. The Morgan fingerprint density at radius 3 is 2.35 bits per heavy atom. The summed E-state index contributed by atoms with van der Waals surface area (Å²) in [6, 6.07) is 16.5. The first-order valence-corrected chi connectivity index (χ1v) is 11.0. The standard InChI is InChI=1S/C25H33N3O3/c1-5-31-21-13-11-20(12-14-21)24(29)26-23(18(2)3)25(30)28-16-15-27(4)17-22(28)19-9-7-6-8-10-19/h6-14,18,22-23H,5,15-17H2,1-4H3,(H,26,29)/t22-,23+/m0/s1. The van der Waals surface area contributed by atoms with Gasteiger partial charge in [0.2, 0.25) is 5.91 Å². The van der Waals surface area contributed by atoms with Crippen LogP contribution in [0, 0.1) is 5.92 Å². The Balaban J connectivity index is 1.77. The Kier molecular flexibility index (Phi) is 7.69. The summed E-state index contributed by atoms with van der Waals surface area (Å²) in [4.78, 5) is 30.7. The van der Waals surface area contributed by atoms with Gasteiger partial charge in [-0.1, -0.05) is 44.2 Å². The van der Waals surface area contributed by atoms with E-state index >= 15 is 0 Å². The fourth-order valence-electron chi connectivity index (χ4n) is 3.93. The molecule has 6 heteroatoms. The van der Waals surface area contributed by atoms with Crippen molar-refractivity contribution in [1.82, 2.24) is 15.1 Å². The lowest BCUT2D eigenvalue weighted by Crippen LogP contribution is -2.57. The second-order valence-electron chi connectivity index (χ2n) is 8.37. The van der Waals surface area contributed by atoms with Gasteiger partial charge in [0.15, 0.2) is 0 Å². The topological polar surface area (TPSA) is 61.9 Å². The zero-order valence-corrected chi connectivity index (χ0v) is 18.9. The SMILES string of the molecule is CCOc1ccc(C(=O)N[C@@H](C(=O)N2CCN(C)C[C@H]2c2ccccc2)C(C)C)cc1. The van der Waals surface area contributed by atoms with Crippen molar-refractivity contribution in [2.45, 2.75) is 32.9 Å². The van der Waals surface area contributed by atoms with E-state index in [0.717, 1.165) is 24.4 Å². The Morgan fingerprint density at radius 2 is 1.74 bits per heavy atom. The summed E-state index contributed by atoms with van der Waals surface area (Å²) in [6.45, 7) is 8.64. The normalized spacial score (nSPS) is 18.0. The van der Waals surface area contributed by atoms with E-state index in [2.05, 4.69) is 29.4 Å². The summed E-state index contributed by atoms with van der Waals surface area (Å²) in [7, 11) is 2.07. The van der Waals surface area contributed by atoms with E-state index < -0.39 is 6.04 Å². The molecule has 1 heterocycles. The summed E-state index contributed by atoms with van der Waals surface area (Å²) >= 11 is 0. The van der Waals surface area contributed by atoms with Crippen molar-refractivity contribution in [3.05, 3.63) is 65.7 Å². The molecule has 31 heavy (non-hydrogen) atoms. The summed E-state index contributed by atoms with van der Waals surface area (Å²) in [5.41, 5.74) is 1.63. The molecule has 0 spiro atoms. The van der Waals surface area contributed by atoms with Crippen LogP contribution >= 0.6 is 0 Å². The van der Waals surface area contributed by atoms with Crippen LogP contribution in [0.25, 0.3) is 0 Å². The molecule has 1 aliphatic heterocycles. The Labute approximate surface area is 185 Å². The van der Waals surface area contributed by atoms with E-state index in [1.807, 2.05) is 43.9 Å². The minimum absolute atomic E-state index is 0.0313. The first-order valence-electron chi connectivity index (χ1n) is 11.0. The van der Waals surface area contributed by atoms with Crippen LogP contribution in [0.4, 0.5) is 0 Å². The molecule has 3 rings (SSSR count). The van der Waals surface area contributed by atoms with E-state index in [1.54, 1.807) is 24.3 Å². The van der Waals surface area contributed by atoms with Crippen molar-refractivity contribution < 1.29 is 14.3 Å². The molecular formula is C25H33N3O3. The summed E-state index contributed by atoms with van der Waals surface area (Å²) < 4.78 is 5.44. The van der Waals surface area contributed by atoms with Crippen molar-refractivity contribution in [3.8, 4) is 5.75 Å². The van der Waals surface area contributed by atoms with Crippen LogP contribution < -0.4 is 10.1 Å². The van der Waals surface area contributed by atoms with Gasteiger partial charge in [-0.3, -0.25) is 9.59 Å². The lowest BCUT2D eigenvalue weighted by Gasteiger charge is -2.42. The molecule has 166 valence electrons. The molecule has 2 aromatic carbocycles. The Hall–Kier alpha value is -2.86. The third-order valence-electron chi connectivity index (χ3n) is 5.70. The van der Waals surface area contributed by atoms with Gasteiger partial charge in [-0.15, -0.1) is 0 Å². The predicted octanol–water partition coefficient (Wildman–Crippen LogP) is 3.36. The zero-order chi connectivity index (χ0) is 22.4. The lowest BCUT2D eigenvalue weighted by molar-refractivity contribution is -0.139. The van der Waals surface area contributed by atoms with Crippen LogP contribution in [0.1, 0.15) is 42.7 Å². The van der Waals surface area contributed by atoms with E-state index in [1.165, 1.54) is 0 Å². The quantitative estimate of drug-likeness (QED) is 0.742. The largest absolute Gasteiger partial charge is 0.494 e. The van der Waals surface area contributed by atoms with Gasteiger partial charge in [0.05, 0.1) is 12.6 Å². The monoisotopic (exact) mass is 423 g/mol. The smallest absolute Gasteiger partial charge is 0.251 e. The zero-order valence-electron chi connectivity index (χ0n) is 18.9. The van der Waals surface area contributed by atoms with Crippen molar-refractivity contribution in [3.63, 3.8) is 0 Å². The fraction of sp³-hybridized carbons (Fsp3) is 0.440.